The molecule has 0 unspecified atom stereocenters. The van der Waals surface area contributed by atoms with Gasteiger partial charge < -0.3 is 4.42 Å². The average Bonchev–Trinajstić information content (AvgIpc) is 3.84. The first kappa shape index (κ1) is 30.4. The van der Waals surface area contributed by atoms with Crippen LogP contribution in [0.25, 0.3) is 105 Å². The lowest BCUT2D eigenvalue weighted by Crippen LogP contribution is -1.95. The Morgan fingerprint density at radius 2 is 0.963 bits per heavy atom. The minimum absolute atomic E-state index is 0.906. The number of benzene rings is 8. The van der Waals surface area contributed by atoms with Gasteiger partial charge in [0.25, 0.3) is 0 Å². The molecule has 8 aromatic carbocycles. The van der Waals surface area contributed by atoms with E-state index < -0.39 is 0 Å². The largest absolute Gasteiger partial charge is 0.455 e. The number of imidazole rings is 1. The monoisotopic (exact) mass is 688 g/mol. The van der Waals surface area contributed by atoms with Crippen molar-refractivity contribution in [2.45, 2.75) is 0 Å². The van der Waals surface area contributed by atoms with Crippen LogP contribution in [0.4, 0.5) is 0 Å². The molecule has 252 valence electrons. The molecule has 0 saturated heterocycles. The van der Waals surface area contributed by atoms with E-state index in [1.165, 1.54) is 16.3 Å². The Balaban J connectivity index is 1.11. The highest BCUT2D eigenvalue weighted by Crippen LogP contribution is 2.42. The number of para-hydroxylation sites is 2. The lowest BCUT2D eigenvalue weighted by Gasteiger charge is -2.14. The van der Waals surface area contributed by atoms with Crippen LogP contribution in [0, 0.1) is 0 Å². The van der Waals surface area contributed by atoms with Gasteiger partial charge in [-0.25, -0.2) is 4.98 Å². The number of aromatic nitrogens is 2. The summed E-state index contributed by atoms with van der Waals surface area (Å²) in [4.78, 5) is 5.38. The Morgan fingerprint density at radius 3 is 1.80 bits per heavy atom. The topological polar surface area (TPSA) is 30.4 Å². The van der Waals surface area contributed by atoms with Crippen LogP contribution >= 0.6 is 0 Å². The smallest absolute Gasteiger partial charge is 0.146 e. The second-order valence-corrected chi connectivity index (χ2v) is 13.9. The number of nitrogens with zero attached hydrogens (tertiary/aromatic N) is 2. The Bertz CT molecular complexity index is 3210. The molecule has 0 N–H and O–H groups in total. The SMILES string of the molecule is c1ccc(-c2nc3c4ccccc4c4cc(-c5cccc(-c6ccccc6-c6cccc7c6oc6ccccc67)c5)ccc4n3c2-c2ccccc2)cc1. The molecule has 11 aromatic rings. The highest BCUT2D eigenvalue weighted by atomic mass is 16.3. The molecule has 3 nitrogen and oxygen atoms in total. The van der Waals surface area contributed by atoms with E-state index in [2.05, 4.69) is 186 Å². The van der Waals surface area contributed by atoms with Crippen LogP contribution in [-0.4, -0.2) is 9.38 Å². The van der Waals surface area contributed by atoms with E-state index in [1.807, 2.05) is 12.1 Å². The van der Waals surface area contributed by atoms with Gasteiger partial charge in [-0.1, -0.05) is 170 Å². The molecule has 11 rings (SSSR count). The van der Waals surface area contributed by atoms with Crippen molar-refractivity contribution >= 4 is 49.3 Å². The van der Waals surface area contributed by atoms with Crippen molar-refractivity contribution < 1.29 is 4.42 Å². The quantitative estimate of drug-likeness (QED) is 0.169. The van der Waals surface area contributed by atoms with Crippen molar-refractivity contribution in [2.75, 3.05) is 0 Å². The predicted octanol–water partition coefficient (Wildman–Crippen LogP) is 13.9. The summed E-state index contributed by atoms with van der Waals surface area (Å²) in [6.07, 6.45) is 0. The fraction of sp³-hybridized carbons (Fsp3) is 0. The van der Waals surface area contributed by atoms with Crippen LogP contribution in [0.2, 0.25) is 0 Å². The van der Waals surface area contributed by atoms with Crippen LogP contribution in [0.15, 0.2) is 199 Å². The van der Waals surface area contributed by atoms with Gasteiger partial charge >= 0.3 is 0 Å². The molecular formula is C51H32N2O. The van der Waals surface area contributed by atoms with Crippen molar-refractivity contribution in [1.29, 1.82) is 0 Å². The molecule has 0 bridgehead atoms. The van der Waals surface area contributed by atoms with E-state index >= 15 is 0 Å². The van der Waals surface area contributed by atoms with Gasteiger partial charge in [-0.15, -0.1) is 0 Å². The van der Waals surface area contributed by atoms with E-state index in [4.69, 9.17) is 9.40 Å². The summed E-state index contributed by atoms with van der Waals surface area (Å²) in [6.45, 7) is 0. The second-order valence-electron chi connectivity index (χ2n) is 13.9. The van der Waals surface area contributed by atoms with Crippen molar-refractivity contribution in [2.24, 2.45) is 0 Å². The zero-order chi connectivity index (χ0) is 35.6. The first-order valence-electron chi connectivity index (χ1n) is 18.4. The van der Waals surface area contributed by atoms with Crippen LogP contribution in [0.3, 0.4) is 0 Å². The third kappa shape index (κ3) is 4.72. The molecule has 54 heavy (non-hydrogen) atoms. The summed E-state index contributed by atoms with van der Waals surface area (Å²) in [5.74, 6) is 0. The Hall–Kier alpha value is -7.23. The third-order valence-electron chi connectivity index (χ3n) is 10.8. The molecular weight excluding hydrogens is 657 g/mol. The van der Waals surface area contributed by atoms with E-state index in [1.54, 1.807) is 0 Å². The fourth-order valence-corrected chi connectivity index (χ4v) is 8.33. The van der Waals surface area contributed by atoms with E-state index in [9.17, 15) is 0 Å². The molecule has 0 atom stereocenters. The highest BCUT2D eigenvalue weighted by Gasteiger charge is 2.21. The average molecular weight is 689 g/mol. The normalized spacial score (nSPS) is 11.7. The maximum Gasteiger partial charge on any atom is 0.146 e. The minimum Gasteiger partial charge on any atom is -0.455 e. The van der Waals surface area contributed by atoms with Crippen molar-refractivity contribution in [3.05, 3.63) is 194 Å². The summed E-state index contributed by atoms with van der Waals surface area (Å²) in [5.41, 5.74) is 15.1. The predicted molar refractivity (Wildman–Crippen MR) is 225 cm³/mol. The second kappa shape index (κ2) is 12.2. The molecule has 0 fully saturated rings. The van der Waals surface area contributed by atoms with E-state index in [-0.39, 0.29) is 0 Å². The molecule has 0 spiro atoms. The van der Waals surface area contributed by atoms with Gasteiger partial charge in [0.15, 0.2) is 0 Å². The van der Waals surface area contributed by atoms with Gasteiger partial charge in [-0.3, -0.25) is 4.40 Å². The standard InChI is InChI=1S/C51H32N2O/c1-3-15-33(16-4-1)48-49(34-17-5-2-6-18-34)53-46-30-29-36(32-45(46)40-23-9-10-25-44(40)51(53)52-48)35-19-13-20-37(31-35)38-21-7-8-22-39(38)42-26-14-27-43-41-24-11-12-28-47(41)54-50(42)43/h1-32H. The molecule has 0 aliphatic heterocycles. The molecule has 3 heteroatoms. The van der Waals surface area contributed by atoms with Gasteiger partial charge in [-0.05, 0) is 57.5 Å². The number of furan rings is 1. The highest BCUT2D eigenvalue weighted by molar-refractivity contribution is 6.14. The van der Waals surface area contributed by atoms with Gasteiger partial charge in [0.2, 0.25) is 0 Å². The van der Waals surface area contributed by atoms with E-state index in [0.29, 0.717) is 0 Å². The van der Waals surface area contributed by atoms with Crippen molar-refractivity contribution in [3.63, 3.8) is 0 Å². The number of fused-ring (bicyclic) bond motifs is 9. The maximum absolute atomic E-state index is 6.49. The molecule has 3 heterocycles. The van der Waals surface area contributed by atoms with Crippen LogP contribution in [0.5, 0.6) is 0 Å². The number of pyridine rings is 1. The van der Waals surface area contributed by atoms with Gasteiger partial charge in [0.1, 0.15) is 16.8 Å². The van der Waals surface area contributed by atoms with Crippen LogP contribution < -0.4 is 0 Å². The summed E-state index contributed by atoms with van der Waals surface area (Å²) in [7, 11) is 0. The summed E-state index contributed by atoms with van der Waals surface area (Å²) in [5, 5.41) is 5.77. The maximum atomic E-state index is 6.49. The summed E-state index contributed by atoms with van der Waals surface area (Å²) < 4.78 is 8.85. The summed E-state index contributed by atoms with van der Waals surface area (Å²) >= 11 is 0. The summed E-state index contributed by atoms with van der Waals surface area (Å²) in [6, 6.07) is 69.1. The molecule has 0 saturated carbocycles. The Morgan fingerprint density at radius 1 is 0.370 bits per heavy atom. The number of hydrogen-bond donors (Lipinski definition) is 0. The zero-order valence-electron chi connectivity index (χ0n) is 29.3. The van der Waals surface area contributed by atoms with Crippen molar-refractivity contribution in [1.82, 2.24) is 9.38 Å². The van der Waals surface area contributed by atoms with Crippen LogP contribution in [0.1, 0.15) is 0 Å². The third-order valence-corrected chi connectivity index (χ3v) is 10.8. The molecule has 0 radical (unpaired) electrons. The number of hydrogen-bond acceptors (Lipinski definition) is 2. The lowest BCUT2D eigenvalue weighted by atomic mass is 9.91. The number of rotatable bonds is 5. The first-order chi connectivity index (χ1) is 26.8. The fourth-order valence-electron chi connectivity index (χ4n) is 8.33. The molecule has 0 aliphatic rings. The van der Waals surface area contributed by atoms with Gasteiger partial charge in [-0.2, -0.15) is 0 Å². The van der Waals surface area contributed by atoms with Crippen LogP contribution in [-0.2, 0) is 0 Å². The van der Waals surface area contributed by atoms with Gasteiger partial charge in [0.05, 0.1) is 16.9 Å². The first-order valence-corrected chi connectivity index (χ1v) is 18.4. The zero-order valence-corrected chi connectivity index (χ0v) is 29.3. The minimum atomic E-state index is 0.906. The van der Waals surface area contributed by atoms with Crippen molar-refractivity contribution in [3.8, 4) is 55.9 Å². The van der Waals surface area contributed by atoms with E-state index in [0.717, 1.165) is 88.8 Å². The molecule has 3 aromatic heterocycles. The Kier molecular flexibility index (Phi) is 6.86. The molecule has 0 amide bonds. The van der Waals surface area contributed by atoms with Gasteiger partial charge in [0, 0.05) is 38.2 Å². The molecule has 0 aliphatic carbocycles. The lowest BCUT2D eigenvalue weighted by molar-refractivity contribution is 0.670. The Labute approximate surface area is 312 Å².